The van der Waals surface area contributed by atoms with Crippen molar-refractivity contribution in [3.63, 3.8) is 0 Å². The predicted molar refractivity (Wildman–Crippen MR) is 104 cm³/mol. The van der Waals surface area contributed by atoms with E-state index in [4.69, 9.17) is 17.3 Å². The van der Waals surface area contributed by atoms with Gasteiger partial charge in [-0.3, -0.25) is 9.98 Å². The van der Waals surface area contributed by atoms with Crippen molar-refractivity contribution in [2.75, 3.05) is 0 Å². The van der Waals surface area contributed by atoms with Gasteiger partial charge in [-0.15, -0.1) is 0 Å². The average molecular weight is 353 g/mol. The molecule has 0 atom stereocenters. The summed E-state index contributed by atoms with van der Waals surface area (Å²) in [5, 5.41) is 5.83. The lowest BCUT2D eigenvalue weighted by Gasteiger charge is -2.11. The largest absolute Gasteiger partial charge is 0.387 e. The lowest BCUT2D eigenvalue weighted by atomic mass is 10.1. The Hall–Kier alpha value is -2.99. The maximum absolute atomic E-state index is 6.39. The SMILES string of the molecule is C=N/C(=C(\N=C(/C)N)n1ccc(C)n1)c1cc(Cl)c2ncccc2c1. The third-order valence-corrected chi connectivity index (χ3v) is 3.81. The second kappa shape index (κ2) is 6.86. The Bertz CT molecular complexity index is 1010. The first-order valence-electron chi connectivity index (χ1n) is 7.58. The number of benzene rings is 1. The normalized spacial score (nSPS) is 13.0. The van der Waals surface area contributed by atoms with Gasteiger partial charge >= 0.3 is 0 Å². The van der Waals surface area contributed by atoms with E-state index in [1.807, 2.05) is 31.2 Å². The van der Waals surface area contributed by atoms with Crippen molar-refractivity contribution >= 4 is 46.6 Å². The zero-order valence-electron chi connectivity index (χ0n) is 13.9. The van der Waals surface area contributed by atoms with Crippen molar-refractivity contribution in [1.82, 2.24) is 14.8 Å². The minimum Gasteiger partial charge on any atom is -0.387 e. The predicted octanol–water partition coefficient (Wildman–Crippen LogP) is 3.75. The minimum absolute atomic E-state index is 0.387. The van der Waals surface area contributed by atoms with Crippen LogP contribution >= 0.6 is 11.6 Å². The fourth-order valence-corrected chi connectivity index (χ4v) is 2.76. The van der Waals surface area contributed by atoms with Gasteiger partial charge in [0.25, 0.3) is 0 Å². The molecule has 0 aliphatic rings. The van der Waals surface area contributed by atoms with Crippen LogP contribution in [-0.2, 0) is 0 Å². The molecule has 0 saturated heterocycles. The Kier molecular flexibility index (Phi) is 4.63. The number of rotatable bonds is 4. The van der Waals surface area contributed by atoms with E-state index >= 15 is 0 Å². The smallest absolute Gasteiger partial charge is 0.181 e. The second-order valence-corrected chi connectivity index (χ2v) is 5.93. The molecule has 25 heavy (non-hydrogen) atoms. The van der Waals surface area contributed by atoms with Gasteiger partial charge in [-0.25, -0.2) is 9.67 Å². The number of amidine groups is 1. The van der Waals surface area contributed by atoms with Gasteiger partial charge in [-0.1, -0.05) is 17.7 Å². The van der Waals surface area contributed by atoms with Gasteiger partial charge < -0.3 is 5.73 Å². The van der Waals surface area contributed by atoms with Crippen LogP contribution in [0, 0.1) is 6.92 Å². The third-order valence-electron chi connectivity index (χ3n) is 3.52. The Labute approximate surface area is 150 Å². The summed E-state index contributed by atoms with van der Waals surface area (Å²) in [6.45, 7) is 7.29. The summed E-state index contributed by atoms with van der Waals surface area (Å²) in [5.74, 6) is 0.861. The Morgan fingerprint density at radius 1 is 1.32 bits per heavy atom. The molecule has 7 heteroatoms. The zero-order chi connectivity index (χ0) is 18.0. The molecular weight excluding hydrogens is 336 g/mol. The number of hydrogen-bond acceptors (Lipinski definition) is 4. The molecule has 126 valence electrons. The van der Waals surface area contributed by atoms with Gasteiger partial charge in [-0.2, -0.15) is 5.10 Å². The maximum Gasteiger partial charge on any atom is 0.181 e. The van der Waals surface area contributed by atoms with E-state index in [0.29, 0.717) is 22.4 Å². The summed E-state index contributed by atoms with van der Waals surface area (Å²) < 4.78 is 1.62. The number of aromatic nitrogens is 3. The Morgan fingerprint density at radius 2 is 2.12 bits per heavy atom. The van der Waals surface area contributed by atoms with E-state index in [1.165, 1.54) is 0 Å². The highest BCUT2D eigenvalue weighted by Gasteiger charge is 2.14. The minimum atomic E-state index is 0.387. The summed E-state index contributed by atoms with van der Waals surface area (Å²) in [4.78, 5) is 12.9. The van der Waals surface area contributed by atoms with Crippen LogP contribution in [0.1, 0.15) is 18.2 Å². The number of aryl methyl sites for hydroxylation is 1. The van der Waals surface area contributed by atoms with Gasteiger partial charge in [0, 0.05) is 23.3 Å². The van der Waals surface area contributed by atoms with Crippen molar-refractivity contribution in [3.8, 4) is 0 Å². The number of nitrogens with two attached hydrogens (primary N) is 1. The fourth-order valence-electron chi connectivity index (χ4n) is 2.49. The van der Waals surface area contributed by atoms with Gasteiger partial charge in [0.1, 0.15) is 5.70 Å². The summed E-state index contributed by atoms with van der Waals surface area (Å²) in [6.07, 6.45) is 3.50. The Balaban J connectivity index is 2.30. The average Bonchev–Trinajstić information content (AvgIpc) is 3.01. The standard InChI is InChI=1S/C18H17ClN6/c1-11-6-8-25(24-11)18(23-12(2)20)17(21-3)14-9-13-5-4-7-22-16(13)15(19)10-14/h4-10H,3H2,1-2H3,(H2,20,23)/b18-17+. The van der Waals surface area contributed by atoms with Crippen LogP contribution in [0.25, 0.3) is 22.4 Å². The molecule has 2 aromatic heterocycles. The first-order chi connectivity index (χ1) is 12.0. The van der Waals surface area contributed by atoms with Crippen LogP contribution in [0.4, 0.5) is 0 Å². The number of aliphatic imine (C=N–C) groups is 2. The highest BCUT2D eigenvalue weighted by molar-refractivity contribution is 6.35. The van der Waals surface area contributed by atoms with Crippen molar-refractivity contribution in [3.05, 3.63) is 59.0 Å². The molecule has 0 aliphatic carbocycles. The topological polar surface area (TPSA) is 81.5 Å². The van der Waals surface area contributed by atoms with Crippen LogP contribution in [0.15, 0.2) is 52.7 Å². The van der Waals surface area contributed by atoms with Crippen LogP contribution in [0.2, 0.25) is 5.02 Å². The van der Waals surface area contributed by atoms with Crippen LogP contribution in [0.3, 0.4) is 0 Å². The first-order valence-corrected chi connectivity index (χ1v) is 7.96. The molecular formula is C18H17ClN6. The number of nitrogens with zero attached hydrogens (tertiary/aromatic N) is 5. The molecule has 0 fully saturated rings. The highest BCUT2D eigenvalue weighted by Crippen LogP contribution is 2.30. The van der Waals surface area contributed by atoms with E-state index in [0.717, 1.165) is 22.2 Å². The third kappa shape index (κ3) is 3.44. The molecule has 0 spiro atoms. The van der Waals surface area contributed by atoms with Crippen LogP contribution in [-0.4, -0.2) is 27.3 Å². The molecule has 1 aromatic carbocycles. The number of hydrogen-bond donors (Lipinski definition) is 1. The van der Waals surface area contributed by atoms with E-state index in [9.17, 15) is 0 Å². The quantitative estimate of drug-likeness (QED) is 0.573. The summed E-state index contributed by atoms with van der Waals surface area (Å²) in [5.41, 5.74) is 8.67. The molecule has 0 bridgehead atoms. The summed E-state index contributed by atoms with van der Waals surface area (Å²) >= 11 is 6.39. The molecule has 0 radical (unpaired) electrons. The summed E-state index contributed by atoms with van der Waals surface area (Å²) in [7, 11) is 0. The van der Waals surface area contributed by atoms with Crippen molar-refractivity contribution in [2.45, 2.75) is 13.8 Å². The van der Waals surface area contributed by atoms with Crippen molar-refractivity contribution in [1.29, 1.82) is 0 Å². The lowest BCUT2D eigenvalue weighted by Crippen LogP contribution is -2.09. The van der Waals surface area contributed by atoms with E-state index in [-0.39, 0.29) is 0 Å². The van der Waals surface area contributed by atoms with Gasteiger partial charge in [-0.05, 0) is 44.8 Å². The van der Waals surface area contributed by atoms with Gasteiger partial charge in [0.05, 0.1) is 22.1 Å². The molecule has 2 heterocycles. The molecule has 3 rings (SSSR count). The monoisotopic (exact) mass is 352 g/mol. The molecule has 0 amide bonds. The highest BCUT2D eigenvalue weighted by atomic mass is 35.5. The van der Waals surface area contributed by atoms with Crippen LogP contribution < -0.4 is 5.73 Å². The summed E-state index contributed by atoms with van der Waals surface area (Å²) in [6, 6.07) is 9.40. The molecule has 6 nitrogen and oxygen atoms in total. The fraction of sp³-hybridized carbons (Fsp3) is 0.111. The van der Waals surface area contributed by atoms with Crippen LogP contribution in [0.5, 0.6) is 0 Å². The van der Waals surface area contributed by atoms with Gasteiger partial charge in [0.15, 0.2) is 5.82 Å². The number of fused-ring (bicyclic) bond motifs is 1. The lowest BCUT2D eigenvalue weighted by molar-refractivity contribution is 0.869. The van der Waals surface area contributed by atoms with E-state index in [2.05, 4.69) is 26.8 Å². The van der Waals surface area contributed by atoms with Crippen molar-refractivity contribution < 1.29 is 0 Å². The second-order valence-electron chi connectivity index (χ2n) is 5.52. The maximum atomic E-state index is 6.39. The molecule has 0 saturated carbocycles. The van der Waals surface area contributed by atoms with Gasteiger partial charge in [0.2, 0.25) is 0 Å². The van der Waals surface area contributed by atoms with E-state index < -0.39 is 0 Å². The van der Waals surface area contributed by atoms with E-state index in [1.54, 1.807) is 30.1 Å². The first kappa shape index (κ1) is 16.9. The molecule has 0 unspecified atom stereocenters. The molecule has 0 aliphatic heterocycles. The zero-order valence-corrected chi connectivity index (χ0v) is 14.7. The molecule has 3 aromatic rings. The number of halogens is 1. The van der Waals surface area contributed by atoms with Crippen molar-refractivity contribution in [2.24, 2.45) is 15.7 Å². The molecule has 2 N–H and O–H groups in total. The Morgan fingerprint density at radius 3 is 2.76 bits per heavy atom. The number of pyridine rings is 1.